The van der Waals surface area contributed by atoms with Crippen molar-refractivity contribution in [2.24, 2.45) is 0 Å². The number of fused-ring (bicyclic) bond motifs is 3. The van der Waals surface area contributed by atoms with Crippen molar-refractivity contribution in [1.29, 1.82) is 0 Å². The van der Waals surface area contributed by atoms with Crippen molar-refractivity contribution in [2.75, 3.05) is 30.7 Å². The van der Waals surface area contributed by atoms with Gasteiger partial charge >= 0.3 is 0 Å². The molecule has 0 aliphatic carbocycles. The van der Waals surface area contributed by atoms with Gasteiger partial charge in [-0.2, -0.15) is 0 Å². The van der Waals surface area contributed by atoms with Crippen molar-refractivity contribution in [1.82, 2.24) is 9.88 Å². The Morgan fingerprint density at radius 1 is 0.868 bits per heavy atom. The largest absolute Gasteiger partial charge is 0.492 e. The summed E-state index contributed by atoms with van der Waals surface area (Å²) in [6, 6.07) is 31.8. The van der Waals surface area contributed by atoms with Crippen LogP contribution in [-0.4, -0.2) is 44.0 Å². The summed E-state index contributed by atoms with van der Waals surface area (Å²) in [5.41, 5.74) is 4.60. The average molecular weight is 530 g/mol. The van der Waals surface area contributed by atoms with Crippen LogP contribution in [0, 0.1) is 0 Å². The SMILES string of the molecule is CS(=O)(=O)Nc1cccc(C(O)CNCCOc2ccc3c4ccccc4n(Cc4ccccc4)c3c2)c1. The van der Waals surface area contributed by atoms with Crippen molar-refractivity contribution in [3.05, 3.63) is 108 Å². The highest BCUT2D eigenvalue weighted by atomic mass is 32.2. The quantitative estimate of drug-likeness (QED) is 0.211. The Morgan fingerprint density at radius 3 is 2.45 bits per heavy atom. The first-order valence-electron chi connectivity index (χ1n) is 12.5. The van der Waals surface area contributed by atoms with Gasteiger partial charge in [-0.3, -0.25) is 4.72 Å². The van der Waals surface area contributed by atoms with Gasteiger partial charge in [-0.15, -0.1) is 0 Å². The molecule has 1 heterocycles. The number of para-hydroxylation sites is 1. The Hall–Kier alpha value is -3.85. The fourth-order valence-electron chi connectivity index (χ4n) is 4.68. The van der Waals surface area contributed by atoms with E-state index >= 15 is 0 Å². The summed E-state index contributed by atoms with van der Waals surface area (Å²) < 4.78 is 33.7. The van der Waals surface area contributed by atoms with Gasteiger partial charge in [-0.25, -0.2) is 8.42 Å². The van der Waals surface area contributed by atoms with E-state index in [-0.39, 0.29) is 0 Å². The summed E-state index contributed by atoms with van der Waals surface area (Å²) in [6.07, 6.45) is 0.319. The number of aromatic nitrogens is 1. The lowest BCUT2D eigenvalue weighted by atomic mass is 10.1. The standard InChI is InChI=1S/C30H31N3O4S/c1-38(35,36)32-24-11-7-10-23(18-24)30(34)20-31-16-17-37-25-14-15-27-26-12-5-6-13-28(26)33(29(27)19-25)21-22-8-3-2-4-9-22/h2-15,18-19,30-32,34H,16-17,20-21H2,1H3. The Bertz CT molecular complexity index is 1650. The van der Waals surface area contributed by atoms with Gasteiger partial charge in [0.15, 0.2) is 0 Å². The molecule has 1 atom stereocenters. The summed E-state index contributed by atoms with van der Waals surface area (Å²) in [4.78, 5) is 0. The second-order valence-electron chi connectivity index (χ2n) is 9.34. The van der Waals surface area contributed by atoms with Crippen LogP contribution < -0.4 is 14.8 Å². The Labute approximate surface area is 222 Å². The summed E-state index contributed by atoms with van der Waals surface area (Å²) >= 11 is 0. The number of hydrogen-bond acceptors (Lipinski definition) is 5. The third-order valence-electron chi connectivity index (χ3n) is 6.39. The highest BCUT2D eigenvalue weighted by Crippen LogP contribution is 2.32. The molecular formula is C30H31N3O4S. The molecule has 0 saturated heterocycles. The molecule has 0 amide bonds. The Morgan fingerprint density at radius 2 is 1.63 bits per heavy atom. The third-order valence-corrected chi connectivity index (χ3v) is 6.99. The molecule has 4 aromatic carbocycles. The molecule has 196 valence electrons. The number of nitrogens with zero attached hydrogens (tertiary/aromatic N) is 1. The van der Waals surface area contributed by atoms with Crippen molar-refractivity contribution in [2.45, 2.75) is 12.6 Å². The molecule has 0 aliphatic rings. The molecule has 0 aliphatic heterocycles. The molecule has 7 nitrogen and oxygen atoms in total. The highest BCUT2D eigenvalue weighted by molar-refractivity contribution is 7.92. The zero-order valence-electron chi connectivity index (χ0n) is 21.2. The van der Waals surface area contributed by atoms with Crippen molar-refractivity contribution in [3.8, 4) is 5.75 Å². The van der Waals surface area contributed by atoms with Gasteiger partial charge in [0.05, 0.1) is 17.9 Å². The number of hydrogen-bond donors (Lipinski definition) is 3. The lowest BCUT2D eigenvalue weighted by Crippen LogP contribution is -2.26. The molecule has 0 radical (unpaired) electrons. The lowest BCUT2D eigenvalue weighted by Gasteiger charge is -2.14. The molecule has 0 saturated carbocycles. The van der Waals surface area contributed by atoms with Crippen LogP contribution in [0.15, 0.2) is 97.1 Å². The van der Waals surface area contributed by atoms with Crippen LogP contribution in [0.2, 0.25) is 0 Å². The van der Waals surface area contributed by atoms with E-state index in [4.69, 9.17) is 4.74 Å². The first kappa shape index (κ1) is 25.8. The normalized spacial score (nSPS) is 12.6. The number of aliphatic hydroxyl groups is 1. The second-order valence-corrected chi connectivity index (χ2v) is 11.1. The molecule has 3 N–H and O–H groups in total. The zero-order valence-corrected chi connectivity index (χ0v) is 22.0. The van der Waals surface area contributed by atoms with Crippen molar-refractivity contribution in [3.63, 3.8) is 0 Å². The van der Waals surface area contributed by atoms with E-state index in [0.29, 0.717) is 30.9 Å². The minimum atomic E-state index is -3.38. The number of aliphatic hydroxyl groups excluding tert-OH is 1. The Balaban J connectivity index is 1.22. The van der Waals surface area contributed by atoms with Gasteiger partial charge in [0.1, 0.15) is 12.4 Å². The monoisotopic (exact) mass is 529 g/mol. The average Bonchev–Trinajstić information content (AvgIpc) is 3.21. The number of ether oxygens (including phenoxy) is 1. The van der Waals surface area contributed by atoms with E-state index in [9.17, 15) is 13.5 Å². The number of nitrogens with one attached hydrogen (secondary N) is 2. The van der Waals surface area contributed by atoms with Gasteiger partial charge < -0.3 is 19.7 Å². The molecule has 0 fully saturated rings. The van der Waals surface area contributed by atoms with Crippen LogP contribution in [0.3, 0.4) is 0 Å². The number of benzene rings is 4. The van der Waals surface area contributed by atoms with Gasteiger partial charge in [-0.05, 0) is 41.5 Å². The van der Waals surface area contributed by atoms with E-state index in [2.05, 4.69) is 75.3 Å². The molecule has 1 unspecified atom stereocenters. The van der Waals surface area contributed by atoms with Crippen LogP contribution in [0.5, 0.6) is 5.75 Å². The van der Waals surface area contributed by atoms with E-state index in [1.807, 2.05) is 12.1 Å². The first-order valence-corrected chi connectivity index (χ1v) is 14.4. The minimum absolute atomic E-state index is 0.316. The van der Waals surface area contributed by atoms with Gasteiger partial charge in [0.25, 0.3) is 0 Å². The molecule has 0 spiro atoms. The molecule has 5 rings (SSSR count). The molecule has 0 bridgehead atoms. The van der Waals surface area contributed by atoms with Crippen LogP contribution >= 0.6 is 0 Å². The van der Waals surface area contributed by atoms with Gasteiger partial charge in [0.2, 0.25) is 10.0 Å². The van der Waals surface area contributed by atoms with E-state index < -0.39 is 16.1 Å². The predicted molar refractivity (Wildman–Crippen MR) is 153 cm³/mol. The zero-order chi connectivity index (χ0) is 26.5. The highest BCUT2D eigenvalue weighted by Gasteiger charge is 2.12. The van der Waals surface area contributed by atoms with Crippen LogP contribution in [-0.2, 0) is 16.6 Å². The predicted octanol–water partition coefficient (Wildman–Crippen LogP) is 4.92. The third kappa shape index (κ3) is 6.16. The first-order chi connectivity index (χ1) is 18.4. The van der Waals surface area contributed by atoms with Gasteiger partial charge in [-0.1, -0.05) is 60.7 Å². The maximum absolute atomic E-state index is 11.5. The molecule has 38 heavy (non-hydrogen) atoms. The fraction of sp³-hybridized carbons (Fsp3) is 0.200. The summed E-state index contributed by atoms with van der Waals surface area (Å²) in [5, 5.41) is 16.1. The maximum Gasteiger partial charge on any atom is 0.229 e. The fourth-order valence-corrected chi connectivity index (χ4v) is 5.23. The molecule has 5 aromatic rings. The van der Waals surface area contributed by atoms with Crippen LogP contribution in [0.4, 0.5) is 5.69 Å². The topological polar surface area (TPSA) is 92.6 Å². The summed E-state index contributed by atoms with van der Waals surface area (Å²) in [6.45, 7) is 2.07. The Kier molecular flexibility index (Phi) is 7.64. The molecule has 1 aromatic heterocycles. The molecule has 8 heteroatoms. The van der Waals surface area contributed by atoms with Crippen LogP contribution in [0.1, 0.15) is 17.2 Å². The van der Waals surface area contributed by atoms with Crippen LogP contribution in [0.25, 0.3) is 21.8 Å². The molecular weight excluding hydrogens is 498 g/mol. The van der Waals surface area contributed by atoms with Gasteiger partial charge in [0, 0.05) is 47.7 Å². The summed E-state index contributed by atoms with van der Waals surface area (Å²) in [5.74, 6) is 0.788. The minimum Gasteiger partial charge on any atom is -0.492 e. The smallest absolute Gasteiger partial charge is 0.229 e. The summed E-state index contributed by atoms with van der Waals surface area (Å²) in [7, 11) is -3.38. The second kappa shape index (κ2) is 11.3. The number of rotatable bonds is 11. The van der Waals surface area contributed by atoms with Crippen molar-refractivity contribution < 1.29 is 18.3 Å². The van der Waals surface area contributed by atoms with E-state index in [0.717, 1.165) is 24.1 Å². The van der Waals surface area contributed by atoms with Crippen molar-refractivity contribution >= 4 is 37.5 Å². The van der Waals surface area contributed by atoms with E-state index in [1.165, 1.54) is 21.9 Å². The maximum atomic E-state index is 11.5. The number of anilines is 1. The lowest BCUT2D eigenvalue weighted by molar-refractivity contribution is 0.172. The van der Waals surface area contributed by atoms with E-state index in [1.54, 1.807) is 24.3 Å². The number of sulfonamides is 1.